The van der Waals surface area contributed by atoms with Crippen LogP contribution in [0.4, 0.5) is 14.0 Å². The van der Waals surface area contributed by atoms with E-state index >= 15 is 0 Å². The van der Waals surface area contributed by atoms with Crippen LogP contribution in [0.25, 0.3) is 0 Å². The zero-order valence-corrected chi connectivity index (χ0v) is 18.7. The van der Waals surface area contributed by atoms with Crippen molar-refractivity contribution in [2.24, 2.45) is 0 Å². The lowest BCUT2D eigenvalue weighted by Gasteiger charge is -2.30. The highest BCUT2D eigenvalue weighted by molar-refractivity contribution is 7.80. The van der Waals surface area contributed by atoms with Crippen molar-refractivity contribution in [1.82, 2.24) is 20.3 Å². The van der Waals surface area contributed by atoms with E-state index in [1.165, 1.54) is 4.90 Å². The monoisotopic (exact) mass is 482 g/mol. The molecular weight excluding hydrogens is 455 g/mol. The van der Waals surface area contributed by atoms with Gasteiger partial charge in [-0.3, -0.25) is 19.1 Å². The van der Waals surface area contributed by atoms with Gasteiger partial charge in [-0.1, -0.05) is 0 Å². The summed E-state index contributed by atoms with van der Waals surface area (Å²) in [5.74, 6) is -0.663. The summed E-state index contributed by atoms with van der Waals surface area (Å²) in [6, 6.07) is -3.11. The molecule has 2 unspecified atom stereocenters. The molecule has 4 atom stereocenters. The first-order valence-electron chi connectivity index (χ1n) is 10.1. The molecule has 2 bridgehead atoms. The number of fused-ring (bicyclic) bond motifs is 2. The number of alkyl halides is 1. The molecule has 0 saturated carbocycles. The maximum atomic E-state index is 13.9. The number of rotatable bonds is 6. The van der Waals surface area contributed by atoms with Gasteiger partial charge in [0.05, 0.1) is 25.2 Å². The molecule has 3 aliphatic heterocycles. The van der Waals surface area contributed by atoms with Crippen LogP contribution < -0.4 is 5.48 Å². The Morgan fingerprint density at radius 3 is 2.56 bits per heavy atom. The van der Waals surface area contributed by atoms with Crippen LogP contribution in [0.5, 0.6) is 0 Å². The van der Waals surface area contributed by atoms with Crippen molar-refractivity contribution in [1.29, 1.82) is 0 Å². The van der Waals surface area contributed by atoms with Crippen LogP contribution in [0.1, 0.15) is 40.0 Å². The topological polar surface area (TPSA) is 155 Å². The quantitative estimate of drug-likeness (QED) is 0.404. The molecule has 2 N–H and O–H groups in total. The molecule has 32 heavy (non-hydrogen) atoms. The summed E-state index contributed by atoms with van der Waals surface area (Å²) in [5.41, 5.74) is 1.46. The van der Waals surface area contributed by atoms with Gasteiger partial charge in [-0.05, 0) is 33.6 Å². The van der Waals surface area contributed by atoms with Crippen LogP contribution in [0.15, 0.2) is 0 Å². The van der Waals surface area contributed by atoms with E-state index in [1.807, 2.05) is 0 Å². The lowest BCUT2D eigenvalue weighted by molar-refractivity contribution is -0.140. The second kappa shape index (κ2) is 8.96. The molecule has 15 heteroatoms. The summed E-state index contributed by atoms with van der Waals surface area (Å²) in [5, 5.41) is 0.530. The van der Waals surface area contributed by atoms with Crippen molar-refractivity contribution in [2.45, 2.75) is 69.9 Å². The molecule has 182 valence electrons. The van der Waals surface area contributed by atoms with Gasteiger partial charge >= 0.3 is 22.5 Å². The van der Waals surface area contributed by atoms with E-state index in [0.717, 1.165) is 4.90 Å². The molecule has 0 aliphatic carbocycles. The molecule has 4 amide bonds. The molecule has 3 aliphatic rings. The molecule has 0 aromatic carbocycles. The van der Waals surface area contributed by atoms with Gasteiger partial charge in [0.2, 0.25) is 0 Å². The van der Waals surface area contributed by atoms with E-state index in [-0.39, 0.29) is 39.0 Å². The van der Waals surface area contributed by atoms with Gasteiger partial charge < -0.3 is 9.64 Å². The molecule has 0 aromatic heterocycles. The summed E-state index contributed by atoms with van der Waals surface area (Å²) in [4.78, 5) is 44.7. The van der Waals surface area contributed by atoms with E-state index < -0.39 is 58.3 Å². The fourth-order valence-electron chi connectivity index (χ4n) is 3.94. The fourth-order valence-corrected chi connectivity index (χ4v) is 4.33. The van der Waals surface area contributed by atoms with Crippen molar-refractivity contribution < 1.29 is 45.6 Å². The third-order valence-electron chi connectivity index (χ3n) is 5.24. The van der Waals surface area contributed by atoms with E-state index in [0.29, 0.717) is 5.06 Å². The number of nitrogens with one attached hydrogen (secondary N) is 1. The highest BCUT2D eigenvalue weighted by atomic mass is 32.3. The lowest BCUT2D eigenvalue weighted by Crippen LogP contribution is -2.50. The number of carbonyl (C=O) groups is 3. The number of hydroxylamine groups is 3. The Hall–Kier alpha value is -2.23. The maximum absolute atomic E-state index is 13.9. The summed E-state index contributed by atoms with van der Waals surface area (Å²) in [6.07, 6.45) is -1.45. The normalized spacial score (nSPS) is 28.3. The number of likely N-dealkylation sites (tertiary alicyclic amines) is 1. The zero-order valence-electron chi connectivity index (χ0n) is 17.9. The number of hydrogen-bond donors (Lipinski definition) is 2. The molecule has 0 radical (unpaired) electrons. The van der Waals surface area contributed by atoms with Crippen LogP contribution in [0.2, 0.25) is 0 Å². The molecule has 0 aromatic rings. The highest BCUT2D eigenvalue weighted by Crippen LogP contribution is 2.31. The number of hydrogen-bond acceptors (Lipinski definition) is 8. The Balaban J connectivity index is 1.53. The summed E-state index contributed by atoms with van der Waals surface area (Å²) in [7, 11) is -4.89. The number of nitrogens with zero attached hydrogens (tertiary/aromatic N) is 3. The van der Waals surface area contributed by atoms with Crippen LogP contribution in [-0.4, -0.2) is 95.5 Å². The molecule has 13 nitrogen and oxygen atoms in total. The second-order valence-corrected chi connectivity index (χ2v) is 9.91. The van der Waals surface area contributed by atoms with Crippen LogP contribution in [0.3, 0.4) is 0 Å². The summed E-state index contributed by atoms with van der Waals surface area (Å²) >= 11 is 0. The average molecular weight is 482 g/mol. The molecule has 0 spiro atoms. The van der Waals surface area contributed by atoms with Gasteiger partial charge in [-0.15, -0.1) is 4.28 Å². The number of carbonyl (C=O) groups excluding carboxylic acids is 3. The van der Waals surface area contributed by atoms with E-state index in [2.05, 4.69) is 9.76 Å². The maximum Gasteiger partial charge on any atom is 0.418 e. The number of urea groups is 1. The SMILES string of the molecule is CC(C)(C)OC(=O)N1CC(F)CC1CONC(=O)[C@@H]1CC[C@@H]2CN1C(=O)N2OS(=O)(=O)O. The van der Waals surface area contributed by atoms with E-state index in [4.69, 9.17) is 14.1 Å². The van der Waals surface area contributed by atoms with Gasteiger partial charge in [-0.25, -0.2) is 19.5 Å². The van der Waals surface area contributed by atoms with Crippen molar-refractivity contribution in [3.05, 3.63) is 0 Å². The van der Waals surface area contributed by atoms with Crippen molar-refractivity contribution in [3.8, 4) is 0 Å². The Morgan fingerprint density at radius 1 is 1.25 bits per heavy atom. The van der Waals surface area contributed by atoms with E-state index in [1.54, 1.807) is 20.8 Å². The minimum absolute atomic E-state index is 0.0206. The molecule has 3 heterocycles. The minimum atomic E-state index is -4.89. The standard InChI is InChI=1S/C17H27FN4O9S/c1-17(2,3)30-16(25)20-7-10(18)6-12(20)9-29-19-14(23)13-5-4-11-8-21(13)15(24)22(11)31-32(26,27)28/h10-13H,4-9H2,1-3H3,(H,19,23)(H,26,27,28)/t10?,11-,12?,13+/m1/s1. The van der Waals surface area contributed by atoms with Crippen LogP contribution in [0, 0.1) is 0 Å². The number of ether oxygens (including phenoxy) is 1. The molecular formula is C17H27FN4O9S. The van der Waals surface area contributed by atoms with Crippen LogP contribution >= 0.6 is 0 Å². The van der Waals surface area contributed by atoms with Crippen molar-refractivity contribution >= 4 is 28.4 Å². The molecule has 3 rings (SSSR count). The van der Waals surface area contributed by atoms with Crippen LogP contribution in [-0.2, 0) is 29.1 Å². The first-order valence-corrected chi connectivity index (χ1v) is 11.4. The first-order chi connectivity index (χ1) is 14.7. The predicted octanol–water partition coefficient (Wildman–Crippen LogP) is 0.385. The van der Waals surface area contributed by atoms with Gasteiger partial charge in [0, 0.05) is 13.0 Å². The fraction of sp³-hybridized carbons (Fsp3) is 0.824. The number of amides is 4. The summed E-state index contributed by atoms with van der Waals surface area (Å²) < 4.78 is 54.1. The third kappa shape index (κ3) is 5.76. The van der Waals surface area contributed by atoms with Gasteiger partial charge in [0.15, 0.2) is 0 Å². The lowest BCUT2D eigenvalue weighted by atomic mass is 10.0. The smallest absolute Gasteiger partial charge is 0.418 e. The van der Waals surface area contributed by atoms with Gasteiger partial charge in [0.1, 0.15) is 17.8 Å². The Kier molecular flexibility index (Phi) is 6.83. The third-order valence-corrected chi connectivity index (χ3v) is 5.59. The van der Waals surface area contributed by atoms with Crippen molar-refractivity contribution in [2.75, 3.05) is 19.7 Å². The summed E-state index contributed by atoms with van der Waals surface area (Å²) in [6.45, 7) is 4.77. The predicted molar refractivity (Wildman–Crippen MR) is 104 cm³/mol. The minimum Gasteiger partial charge on any atom is -0.444 e. The van der Waals surface area contributed by atoms with Crippen molar-refractivity contribution in [3.63, 3.8) is 0 Å². The zero-order chi connectivity index (χ0) is 23.8. The largest absolute Gasteiger partial charge is 0.444 e. The number of piperidine rings is 1. The highest BCUT2D eigenvalue weighted by Gasteiger charge is 2.49. The molecule has 3 saturated heterocycles. The Bertz CT molecular complexity index is 865. The molecule has 3 fully saturated rings. The first kappa shape index (κ1) is 24.4. The Morgan fingerprint density at radius 2 is 1.94 bits per heavy atom. The van der Waals surface area contributed by atoms with Gasteiger partial charge in [0.25, 0.3) is 5.91 Å². The van der Waals surface area contributed by atoms with Gasteiger partial charge in [-0.2, -0.15) is 13.5 Å². The average Bonchev–Trinajstić information content (AvgIpc) is 3.13. The number of halogens is 1. The second-order valence-electron chi connectivity index (χ2n) is 8.91. The Labute approximate surface area is 184 Å². The van der Waals surface area contributed by atoms with E-state index in [9.17, 15) is 27.2 Å².